The highest BCUT2D eigenvalue weighted by Gasteiger charge is 2.70. The maximum absolute atomic E-state index is 13.8. The third-order valence-corrected chi connectivity index (χ3v) is 11.5. The molecule has 2 rings (SSSR count). The van der Waals surface area contributed by atoms with E-state index in [2.05, 4.69) is 33.9 Å². The molecular weight excluding hydrogens is 378 g/mol. The summed E-state index contributed by atoms with van der Waals surface area (Å²) < 4.78 is 16.7. The molecule has 0 amide bonds. The van der Waals surface area contributed by atoms with Crippen LogP contribution in [0.5, 0.6) is 0 Å². The van der Waals surface area contributed by atoms with E-state index in [0.717, 1.165) is 0 Å². The summed E-state index contributed by atoms with van der Waals surface area (Å²) in [7, 11) is 0.300. The fraction of sp³-hybridized carbons (Fsp3) is 0.850. The fourth-order valence-electron chi connectivity index (χ4n) is 4.27. The Morgan fingerprint density at radius 3 is 2.18 bits per heavy atom. The number of Topliss-reactive ketones (excluding diaryl/α,β-unsaturated/α-hetero) is 1. The van der Waals surface area contributed by atoms with Crippen LogP contribution < -0.4 is 0 Å². The first kappa shape index (κ1) is 23.0. The van der Waals surface area contributed by atoms with E-state index in [1.165, 1.54) is 14.2 Å². The Morgan fingerprint density at radius 2 is 1.71 bits per heavy atom. The van der Waals surface area contributed by atoms with Crippen molar-refractivity contribution in [1.82, 2.24) is 4.90 Å². The predicted octanol–water partition coefficient (Wildman–Crippen LogP) is 2.39. The minimum atomic E-state index is -2.27. The van der Waals surface area contributed by atoms with Gasteiger partial charge in [-0.25, -0.2) is 0 Å². The highest BCUT2D eigenvalue weighted by atomic mass is 28.4. The van der Waals surface area contributed by atoms with Gasteiger partial charge >= 0.3 is 11.9 Å². The van der Waals surface area contributed by atoms with Gasteiger partial charge in [-0.1, -0.05) is 27.7 Å². The van der Waals surface area contributed by atoms with Gasteiger partial charge in [0.2, 0.25) is 0 Å². The number of rotatable bonds is 5. The van der Waals surface area contributed by atoms with Gasteiger partial charge in [0.15, 0.2) is 19.5 Å². The SMILES string of the molecule is CCN1C[C@]2(C(=O)OC)CC[C@H](O[Si](C)(C)C(C)(C)C)[C@](C(=O)OC)(C1)C2=O. The molecule has 2 aliphatic rings. The standard InChI is InChI=1S/C20H35NO6Si/c1-9-21-12-19(16(23)25-5)11-10-14(27-28(7,8)18(2,3)4)20(13-21,15(19)22)17(24)26-6/h14H,9-13H2,1-8H3/t14-,19+,20+/m0/s1. The molecule has 2 fully saturated rings. The van der Waals surface area contributed by atoms with Crippen LogP contribution in [0.4, 0.5) is 0 Å². The van der Waals surface area contributed by atoms with Crippen molar-refractivity contribution in [3.8, 4) is 0 Å². The number of methoxy groups -OCH3 is 2. The lowest BCUT2D eigenvalue weighted by Gasteiger charge is -2.55. The van der Waals surface area contributed by atoms with Gasteiger partial charge in [0, 0.05) is 13.1 Å². The third-order valence-electron chi connectivity index (χ3n) is 7.01. The van der Waals surface area contributed by atoms with Crippen LogP contribution in [0.25, 0.3) is 0 Å². The van der Waals surface area contributed by atoms with Gasteiger partial charge in [0.1, 0.15) is 5.41 Å². The first-order chi connectivity index (χ1) is 12.8. The van der Waals surface area contributed by atoms with E-state index in [1.807, 2.05) is 11.8 Å². The number of carbonyl (C=O) groups excluding carboxylic acids is 3. The van der Waals surface area contributed by atoms with Crippen molar-refractivity contribution >= 4 is 26.0 Å². The molecule has 0 aromatic carbocycles. The smallest absolute Gasteiger partial charge is 0.323 e. The fourth-order valence-corrected chi connectivity index (χ4v) is 5.65. The summed E-state index contributed by atoms with van der Waals surface area (Å²) in [6, 6.07) is 0. The number of ether oxygens (including phenoxy) is 2. The highest BCUT2D eigenvalue weighted by molar-refractivity contribution is 6.74. The van der Waals surface area contributed by atoms with Crippen LogP contribution in [0, 0.1) is 10.8 Å². The largest absolute Gasteiger partial charge is 0.468 e. The van der Waals surface area contributed by atoms with Gasteiger partial charge in [-0.3, -0.25) is 14.4 Å². The molecule has 0 unspecified atom stereocenters. The van der Waals surface area contributed by atoms with E-state index >= 15 is 0 Å². The lowest BCUT2D eigenvalue weighted by molar-refractivity contribution is -0.192. The van der Waals surface area contributed by atoms with Crippen molar-refractivity contribution in [3.05, 3.63) is 0 Å². The molecule has 0 aromatic rings. The average molecular weight is 414 g/mol. The lowest BCUT2D eigenvalue weighted by Crippen LogP contribution is -2.73. The van der Waals surface area contributed by atoms with Crippen molar-refractivity contribution in [2.75, 3.05) is 33.9 Å². The second kappa shape index (κ2) is 7.53. The Balaban J connectivity index is 2.61. The minimum Gasteiger partial charge on any atom is -0.468 e. The van der Waals surface area contributed by atoms with Crippen molar-refractivity contribution in [2.45, 2.75) is 64.8 Å². The molecule has 28 heavy (non-hydrogen) atoms. The molecule has 160 valence electrons. The molecule has 1 aliphatic heterocycles. The molecule has 1 saturated heterocycles. The first-order valence-electron chi connectivity index (χ1n) is 9.94. The number of hydrogen-bond acceptors (Lipinski definition) is 7. The molecule has 0 aromatic heterocycles. The van der Waals surface area contributed by atoms with Crippen LogP contribution in [0.1, 0.15) is 40.5 Å². The van der Waals surface area contributed by atoms with Gasteiger partial charge in [0.05, 0.1) is 20.3 Å². The quantitative estimate of drug-likeness (QED) is 0.389. The van der Waals surface area contributed by atoms with Crippen molar-refractivity contribution < 1.29 is 28.3 Å². The number of piperidine rings is 1. The van der Waals surface area contributed by atoms with E-state index in [1.54, 1.807) is 0 Å². The van der Waals surface area contributed by atoms with E-state index < -0.39 is 43.0 Å². The number of carbonyl (C=O) groups is 3. The predicted molar refractivity (Wildman–Crippen MR) is 107 cm³/mol. The third kappa shape index (κ3) is 3.33. The van der Waals surface area contributed by atoms with Gasteiger partial charge in [-0.2, -0.15) is 0 Å². The summed E-state index contributed by atoms with van der Waals surface area (Å²) in [6.07, 6.45) is 0.146. The van der Waals surface area contributed by atoms with Gasteiger partial charge in [-0.05, 0) is 37.5 Å². The van der Waals surface area contributed by atoms with Gasteiger partial charge in [-0.15, -0.1) is 0 Å². The van der Waals surface area contributed by atoms with Crippen molar-refractivity contribution in [2.24, 2.45) is 10.8 Å². The first-order valence-corrected chi connectivity index (χ1v) is 12.8. The monoisotopic (exact) mass is 413 g/mol. The van der Waals surface area contributed by atoms with Crippen LogP contribution in [-0.4, -0.2) is 70.9 Å². The maximum Gasteiger partial charge on any atom is 0.323 e. The summed E-state index contributed by atoms with van der Waals surface area (Å²) in [5.41, 5.74) is -2.85. The summed E-state index contributed by atoms with van der Waals surface area (Å²) >= 11 is 0. The number of likely N-dealkylation sites (tertiary alicyclic amines) is 1. The highest BCUT2D eigenvalue weighted by Crippen LogP contribution is 2.52. The molecule has 7 nitrogen and oxygen atoms in total. The Bertz CT molecular complexity index is 658. The second-order valence-electron chi connectivity index (χ2n) is 9.57. The minimum absolute atomic E-state index is 0.0800. The normalized spacial score (nSPS) is 31.4. The Labute approximate surface area is 169 Å². The maximum atomic E-state index is 13.8. The molecule has 8 heteroatoms. The summed E-state index contributed by atoms with van der Waals surface area (Å²) in [4.78, 5) is 41.5. The Morgan fingerprint density at radius 1 is 1.14 bits per heavy atom. The molecule has 3 atom stereocenters. The van der Waals surface area contributed by atoms with Crippen LogP contribution in [0.15, 0.2) is 0 Å². The van der Waals surface area contributed by atoms with E-state index in [9.17, 15) is 14.4 Å². The van der Waals surface area contributed by atoms with Gasteiger partial charge < -0.3 is 18.8 Å². The topological polar surface area (TPSA) is 82.1 Å². The molecule has 2 bridgehead atoms. The molecule has 0 spiro atoms. The summed E-state index contributed by atoms with van der Waals surface area (Å²) in [5.74, 6) is -1.60. The van der Waals surface area contributed by atoms with Crippen LogP contribution in [0.3, 0.4) is 0 Å². The zero-order valence-electron chi connectivity index (χ0n) is 18.5. The number of nitrogens with zero attached hydrogens (tertiary/aromatic N) is 1. The van der Waals surface area contributed by atoms with Crippen molar-refractivity contribution in [1.29, 1.82) is 0 Å². The van der Waals surface area contributed by atoms with E-state index in [4.69, 9.17) is 13.9 Å². The average Bonchev–Trinajstić information content (AvgIpc) is 2.62. The molecule has 0 N–H and O–H groups in total. The van der Waals surface area contributed by atoms with Gasteiger partial charge in [0.25, 0.3) is 0 Å². The number of ketones is 1. The van der Waals surface area contributed by atoms with E-state index in [-0.39, 0.29) is 18.1 Å². The zero-order chi connectivity index (χ0) is 21.5. The van der Waals surface area contributed by atoms with E-state index in [0.29, 0.717) is 19.4 Å². The molecule has 1 saturated carbocycles. The number of fused-ring (bicyclic) bond motifs is 2. The molecule has 1 aliphatic carbocycles. The molecular formula is C20H35NO6Si. The molecule has 1 heterocycles. The Kier molecular flexibility index (Phi) is 6.20. The summed E-state index contributed by atoms with van der Waals surface area (Å²) in [5, 5.41) is -0.0800. The van der Waals surface area contributed by atoms with Crippen LogP contribution in [-0.2, 0) is 28.3 Å². The van der Waals surface area contributed by atoms with Crippen LogP contribution >= 0.6 is 0 Å². The van der Waals surface area contributed by atoms with Crippen LogP contribution in [0.2, 0.25) is 18.1 Å². The number of esters is 2. The zero-order valence-corrected chi connectivity index (χ0v) is 19.5. The molecule has 0 radical (unpaired) electrons. The van der Waals surface area contributed by atoms with Crippen molar-refractivity contribution in [3.63, 3.8) is 0 Å². The lowest BCUT2D eigenvalue weighted by atomic mass is 9.56. The second-order valence-corrected chi connectivity index (χ2v) is 14.3. The Hall–Kier alpha value is -1.25. The number of hydrogen-bond donors (Lipinski definition) is 0. The summed E-state index contributed by atoms with van der Waals surface area (Å²) in [6.45, 7) is 13.6.